The molecule has 2 aromatic carbocycles. The van der Waals surface area contributed by atoms with E-state index in [0.29, 0.717) is 0 Å². The molecule has 6 nitrogen and oxygen atoms in total. The van der Waals surface area contributed by atoms with Crippen LogP contribution < -0.4 is 16.2 Å². The number of nitrogens with zero attached hydrogens (tertiary/aromatic N) is 1. The van der Waals surface area contributed by atoms with E-state index in [1.54, 1.807) is 0 Å². The number of likely N-dealkylation sites (N-methyl/N-ethyl adjacent to an activating group) is 1. The molecular formula is C21H28N4O2. The molecule has 0 aliphatic carbocycles. The molecule has 1 heterocycles. The Morgan fingerprint density at radius 2 is 1.78 bits per heavy atom. The number of ether oxygens (including phenoxy) is 1. The van der Waals surface area contributed by atoms with Crippen molar-refractivity contribution in [3.05, 3.63) is 54.6 Å². The largest absolute Gasteiger partial charge is 0.445 e. The number of piperidine rings is 1. The predicted octanol–water partition coefficient (Wildman–Crippen LogP) is 3.09. The lowest BCUT2D eigenvalue weighted by Crippen LogP contribution is -2.42. The highest BCUT2D eigenvalue weighted by molar-refractivity contribution is 5.79. The number of hydrogen-bond acceptors (Lipinski definition) is 5. The molecule has 1 amide bonds. The molecule has 144 valence electrons. The van der Waals surface area contributed by atoms with Gasteiger partial charge in [0, 0.05) is 31.7 Å². The van der Waals surface area contributed by atoms with E-state index in [1.165, 1.54) is 0 Å². The third-order valence-electron chi connectivity index (χ3n) is 4.80. The summed E-state index contributed by atoms with van der Waals surface area (Å²) in [5, 5.41) is 3.16. The number of nitrogens with one attached hydrogen (secondary N) is 3. The number of rotatable bonds is 7. The molecule has 1 aliphatic heterocycles. The van der Waals surface area contributed by atoms with Crippen LogP contribution in [0.25, 0.3) is 11.1 Å². The molecule has 1 fully saturated rings. The fourth-order valence-corrected chi connectivity index (χ4v) is 3.28. The van der Waals surface area contributed by atoms with E-state index in [1.807, 2.05) is 61.6 Å². The summed E-state index contributed by atoms with van der Waals surface area (Å²) in [4.78, 5) is 14.6. The van der Waals surface area contributed by atoms with Crippen LogP contribution in [-0.2, 0) is 4.74 Å². The summed E-state index contributed by atoms with van der Waals surface area (Å²) in [5.41, 5.74) is 8.61. The van der Waals surface area contributed by atoms with Gasteiger partial charge in [0.15, 0.2) is 0 Å². The van der Waals surface area contributed by atoms with Crippen molar-refractivity contribution in [1.29, 1.82) is 0 Å². The van der Waals surface area contributed by atoms with Crippen LogP contribution >= 0.6 is 0 Å². The number of carbonyl (C=O) groups excluding carboxylic acids is 1. The molecule has 0 spiro atoms. The van der Waals surface area contributed by atoms with Gasteiger partial charge >= 0.3 is 6.09 Å². The van der Waals surface area contributed by atoms with Gasteiger partial charge < -0.3 is 15.0 Å². The summed E-state index contributed by atoms with van der Waals surface area (Å²) >= 11 is 0. The molecule has 27 heavy (non-hydrogen) atoms. The number of amides is 1. The third kappa shape index (κ3) is 5.70. The molecule has 3 N–H and O–H groups in total. The van der Waals surface area contributed by atoms with E-state index in [9.17, 15) is 4.79 Å². The lowest BCUT2D eigenvalue weighted by Gasteiger charge is -2.31. The van der Waals surface area contributed by atoms with Crippen molar-refractivity contribution in [1.82, 2.24) is 15.6 Å². The maximum atomic E-state index is 12.2. The van der Waals surface area contributed by atoms with Crippen molar-refractivity contribution in [2.75, 3.05) is 38.7 Å². The van der Waals surface area contributed by atoms with Crippen LogP contribution in [-0.4, -0.2) is 50.3 Å². The zero-order valence-corrected chi connectivity index (χ0v) is 15.8. The summed E-state index contributed by atoms with van der Waals surface area (Å²) in [7, 11) is 1.96. The average molecular weight is 368 g/mol. The van der Waals surface area contributed by atoms with E-state index < -0.39 is 6.09 Å². The van der Waals surface area contributed by atoms with Gasteiger partial charge in [-0.25, -0.2) is 10.2 Å². The average Bonchev–Trinajstić information content (AvgIpc) is 2.72. The highest BCUT2D eigenvalue weighted by Crippen LogP contribution is 2.26. The van der Waals surface area contributed by atoms with Crippen molar-refractivity contribution in [3.8, 4) is 11.1 Å². The normalized spacial score (nSPS) is 15.3. The van der Waals surface area contributed by atoms with Gasteiger partial charge in [-0.3, -0.25) is 5.43 Å². The minimum atomic E-state index is -0.438. The number of anilines is 1. The zero-order chi connectivity index (χ0) is 18.9. The van der Waals surface area contributed by atoms with Gasteiger partial charge in [-0.2, -0.15) is 0 Å². The molecule has 2 aromatic rings. The molecular weight excluding hydrogens is 340 g/mol. The van der Waals surface area contributed by atoms with Crippen LogP contribution in [0.1, 0.15) is 12.8 Å². The third-order valence-corrected chi connectivity index (χ3v) is 4.80. The van der Waals surface area contributed by atoms with E-state index >= 15 is 0 Å². The molecule has 0 aromatic heterocycles. The summed E-state index contributed by atoms with van der Waals surface area (Å²) in [6, 6.07) is 17.9. The van der Waals surface area contributed by atoms with Crippen LogP contribution in [0, 0.1) is 0 Å². The Hall–Kier alpha value is -2.57. The first kappa shape index (κ1) is 19.2. The Bertz CT molecular complexity index is 715. The van der Waals surface area contributed by atoms with Gasteiger partial charge in [0.25, 0.3) is 0 Å². The molecule has 0 unspecified atom stereocenters. The molecule has 6 heteroatoms. The lowest BCUT2D eigenvalue weighted by molar-refractivity contribution is 0.0523. The SMILES string of the molecule is CNCCN1CCC(OC(=O)NNc2ccccc2-c2ccccc2)CC1. The van der Waals surface area contributed by atoms with Crippen molar-refractivity contribution >= 4 is 11.8 Å². The number of benzene rings is 2. The standard InChI is InChI=1S/C21H28N4O2/c1-22-13-16-25-14-11-18(12-15-25)27-21(26)24-23-20-10-6-5-9-19(20)17-7-3-2-4-8-17/h2-10,18,22-23H,11-16H2,1H3,(H,24,26). The maximum Gasteiger partial charge on any atom is 0.426 e. The first-order valence-electron chi connectivity index (χ1n) is 9.50. The Balaban J connectivity index is 1.48. The number of para-hydroxylation sites is 1. The summed E-state index contributed by atoms with van der Waals surface area (Å²) in [5.74, 6) is 0. The summed E-state index contributed by atoms with van der Waals surface area (Å²) in [6.07, 6.45) is 1.28. The minimum Gasteiger partial charge on any atom is -0.445 e. The first-order chi connectivity index (χ1) is 13.3. The van der Waals surface area contributed by atoms with E-state index in [2.05, 4.69) is 21.1 Å². The van der Waals surface area contributed by atoms with Gasteiger partial charge in [0.05, 0.1) is 5.69 Å². The molecule has 1 aliphatic rings. The van der Waals surface area contributed by atoms with Crippen molar-refractivity contribution < 1.29 is 9.53 Å². The Morgan fingerprint density at radius 3 is 2.52 bits per heavy atom. The fourth-order valence-electron chi connectivity index (χ4n) is 3.28. The van der Waals surface area contributed by atoms with Crippen LogP contribution in [0.4, 0.5) is 10.5 Å². The monoisotopic (exact) mass is 368 g/mol. The second kappa shape index (κ2) is 9.94. The smallest absolute Gasteiger partial charge is 0.426 e. The van der Waals surface area contributed by atoms with Crippen molar-refractivity contribution in [2.24, 2.45) is 0 Å². The zero-order valence-electron chi connectivity index (χ0n) is 15.8. The quantitative estimate of drug-likeness (QED) is 0.656. The lowest BCUT2D eigenvalue weighted by atomic mass is 10.0. The molecule has 0 bridgehead atoms. The van der Waals surface area contributed by atoms with Crippen LogP contribution in [0.15, 0.2) is 54.6 Å². The van der Waals surface area contributed by atoms with Gasteiger partial charge in [-0.05, 0) is 31.5 Å². The Labute approximate surface area is 160 Å². The maximum absolute atomic E-state index is 12.2. The molecule has 0 saturated carbocycles. The van der Waals surface area contributed by atoms with Gasteiger partial charge in [0.2, 0.25) is 0 Å². The summed E-state index contributed by atoms with van der Waals surface area (Å²) in [6.45, 7) is 3.94. The fraction of sp³-hybridized carbons (Fsp3) is 0.381. The van der Waals surface area contributed by atoms with E-state index in [4.69, 9.17) is 4.74 Å². The summed E-state index contributed by atoms with van der Waals surface area (Å²) < 4.78 is 5.56. The van der Waals surface area contributed by atoms with E-state index in [0.717, 1.165) is 55.8 Å². The second-order valence-electron chi connectivity index (χ2n) is 6.71. The number of carbonyl (C=O) groups is 1. The highest BCUT2D eigenvalue weighted by Gasteiger charge is 2.22. The highest BCUT2D eigenvalue weighted by atomic mass is 16.6. The van der Waals surface area contributed by atoms with Crippen molar-refractivity contribution in [2.45, 2.75) is 18.9 Å². The first-order valence-corrected chi connectivity index (χ1v) is 9.50. The molecule has 0 atom stereocenters. The van der Waals surface area contributed by atoms with Gasteiger partial charge in [0.1, 0.15) is 6.10 Å². The predicted molar refractivity (Wildman–Crippen MR) is 109 cm³/mol. The topological polar surface area (TPSA) is 65.6 Å². The molecule has 3 rings (SSSR count). The van der Waals surface area contributed by atoms with Gasteiger partial charge in [-0.15, -0.1) is 0 Å². The van der Waals surface area contributed by atoms with Crippen LogP contribution in [0.3, 0.4) is 0 Å². The molecule has 1 saturated heterocycles. The minimum absolute atomic E-state index is 0.0259. The Kier molecular flexibility index (Phi) is 7.07. The molecule has 0 radical (unpaired) electrons. The number of likely N-dealkylation sites (tertiary alicyclic amines) is 1. The van der Waals surface area contributed by atoms with Crippen LogP contribution in [0.5, 0.6) is 0 Å². The number of hydrazine groups is 1. The van der Waals surface area contributed by atoms with E-state index in [-0.39, 0.29) is 6.10 Å². The van der Waals surface area contributed by atoms with Gasteiger partial charge in [-0.1, -0.05) is 48.5 Å². The van der Waals surface area contributed by atoms with Crippen molar-refractivity contribution in [3.63, 3.8) is 0 Å². The van der Waals surface area contributed by atoms with Crippen LogP contribution in [0.2, 0.25) is 0 Å². The Morgan fingerprint density at radius 1 is 1.07 bits per heavy atom. The number of hydrogen-bond donors (Lipinski definition) is 3. The second-order valence-corrected chi connectivity index (χ2v) is 6.71.